The number of carbonyl (C=O) groups excluding carboxylic acids is 2. The van der Waals surface area contributed by atoms with Gasteiger partial charge in [-0.15, -0.1) is 0 Å². The van der Waals surface area contributed by atoms with Crippen molar-refractivity contribution in [2.24, 2.45) is 4.99 Å². The number of carbonyl (C=O) groups is 2. The van der Waals surface area contributed by atoms with Crippen molar-refractivity contribution in [3.63, 3.8) is 0 Å². The molecule has 1 aliphatic rings. The van der Waals surface area contributed by atoms with Crippen LogP contribution in [0.3, 0.4) is 0 Å². The first-order valence-corrected chi connectivity index (χ1v) is 10.5. The summed E-state index contributed by atoms with van der Waals surface area (Å²) in [6.45, 7) is 7.18. The number of amides is 1. The molecule has 0 N–H and O–H groups in total. The molecule has 4 rings (SSSR count). The molecule has 0 bridgehead atoms. The van der Waals surface area contributed by atoms with E-state index in [0.717, 1.165) is 15.9 Å². The van der Waals surface area contributed by atoms with Crippen molar-refractivity contribution < 1.29 is 23.8 Å². The SMILES string of the molecule is CCOC(=O)Cn1c(=NC(=O)c2cc(C)nn2CC)sc2cc3c(cc21)OCCO3. The van der Waals surface area contributed by atoms with Gasteiger partial charge in [0.2, 0.25) is 0 Å². The first-order valence-electron chi connectivity index (χ1n) is 9.72. The van der Waals surface area contributed by atoms with Crippen molar-refractivity contribution >= 4 is 33.4 Å². The van der Waals surface area contributed by atoms with Crippen LogP contribution >= 0.6 is 11.3 Å². The lowest BCUT2D eigenvalue weighted by molar-refractivity contribution is -0.143. The van der Waals surface area contributed by atoms with Gasteiger partial charge in [-0.3, -0.25) is 14.3 Å². The highest BCUT2D eigenvalue weighted by atomic mass is 32.1. The van der Waals surface area contributed by atoms with Crippen LogP contribution in [-0.2, 0) is 22.6 Å². The molecule has 1 aliphatic heterocycles. The van der Waals surface area contributed by atoms with Crippen LogP contribution in [0.15, 0.2) is 23.2 Å². The maximum atomic E-state index is 12.9. The van der Waals surface area contributed by atoms with Gasteiger partial charge in [-0.05, 0) is 26.8 Å². The highest BCUT2D eigenvalue weighted by Gasteiger charge is 2.19. The number of hydrogen-bond donors (Lipinski definition) is 0. The number of aromatic nitrogens is 3. The van der Waals surface area contributed by atoms with Gasteiger partial charge in [-0.1, -0.05) is 11.3 Å². The van der Waals surface area contributed by atoms with Crippen molar-refractivity contribution in [3.05, 3.63) is 34.4 Å². The molecule has 0 radical (unpaired) electrons. The summed E-state index contributed by atoms with van der Waals surface area (Å²) in [5.41, 5.74) is 1.87. The molecule has 0 saturated heterocycles. The summed E-state index contributed by atoms with van der Waals surface area (Å²) in [4.78, 5) is 29.8. The van der Waals surface area contributed by atoms with Gasteiger partial charge >= 0.3 is 5.97 Å². The van der Waals surface area contributed by atoms with Crippen LogP contribution in [0.2, 0.25) is 0 Å². The predicted molar refractivity (Wildman–Crippen MR) is 110 cm³/mol. The van der Waals surface area contributed by atoms with E-state index in [1.807, 2.05) is 26.0 Å². The molecular weight excluding hydrogens is 408 g/mol. The normalized spacial score (nSPS) is 13.6. The molecule has 0 spiro atoms. The average Bonchev–Trinajstić information content (AvgIpc) is 3.26. The minimum Gasteiger partial charge on any atom is -0.486 e. The molecule has 0 atom stereocenters. The first kappa shape index (κ1) is 20.1. The summed E-state index contributed by atoms with van der Waals surface area (Å²) in [5.74, 6) is 0.409. The zero-order valence-corrected chi connectivity index (χ0v) is 17.8. The van der Waals surface area contributed by atoms with Crippen molar-refractivity contribution in [1.82, 2.24) is 14.3 Å². The molecular formula is C20H22N4O5S. The third-order valence-corrected chi connectivity index (χ3v) is 5.60. The van der Waals surface area contributed by atoms with E-state index >= 15 is 0 Å². The van der Waals surface area contributed by atoms with Gasteiger partial charge in [0.25, 0.3) is 5.91 Å². The molecule has 30 heavy (non-hydrogen) atoms. The molecule has 9 nitrogen and oxygen atoms in total. The first-order chi connectivity index (χ1) is 14.5. The van der Waals surface area contributed by atoms with Gasteiger partial charge in [0.15, 0.2) is 16.3 Å². The second-order valence-electron chi connectivity index (χ2n) is 6.64. The fourth-order valence-electron chi connectivity index (χ4n) is 3.28. The molecule has 3 aromatic rings. The van der Waals surface area contributed by atoms with Crippen molar-refractivity contribution in [3.8, 4) is 11.5 Å². The Morgan fingerprint density at radius 1 is 1.20 bits per heavy atom. The number of aryl methyl sites for hydroxylation is 2. The smallest absolute Gasteiger partial charge is 0.326 e. The van der Waals surface area contributed by atoms with E-state index in [1.165, 1.54) is 11.3 Å². The number of rotatable bonds is 5. The van der Waals surface area contributed by atoms with Crippen LogP contribution in [0.5, 0.6) is 11.5 Å². The number of thiazole rings is 1. The molecule has 1 amide bonds. The predicted octanol–water partition coefficient (Wildman–Crippen LogP) is 2.30. The van der Waals surface area contributed by atoms with Crippen molar-refractivity contribution in [1.29, 1.82) is 0 Å². The summed E-state index contributed by atoms with van der Waals surface area (Å²) < 4.78 is 20.6. The number of hydrogen-bond acceptors (Lipinski definition) is 7. The Balaban J connectivity index is 1.85. The van der Waals surface area contributed by atoms with E-state index in [-0.39, 0.29) is 13.2 Å². The van der Waals surface area contributed by atoms with E-state index < -0.39 is 11.9 Å². The lowest BCUT2D eigenvalue weighted by atomic mass is 10.2. The highest BCUT2D eigenvalue weighted by Crippen LogP contribution is 2.35. The fourth-order valence-corrected chi connectivity index (χ4v) is 4.32. The summed E-state index contributed by atoms with van der Waals surface area (Å²) >= 11 is 1.30. The van der Waals surface area contributed by atoms with E-state index in [2.05, 4.69) is 10.1 Å². The Morgan fingerprint density at radius 2 is 1.93 bits per heavy atom. The van der Waals surface area contributed by atoms with Gasteiger partial charge in [0.1, 0.15) is 25.5 Å². The van der Waals surface area contributed by atoms with E-state index in [4.69, 9.17) is 14.2 Å². The van der Waals surface area contributed by atoms with Crippen LogP contribution in [0, 0.1) is 6.92 Å². The second kappa shape index (κ2) is 8.31. The lowest BCUT2D eigenvalue weighted by Gasteiger charge is -2.18. The lowest BCUT2D eigenvalue weighted by Crippen LogP contribution is -2.23. The van der Waals surface area contributed by atoms with Gasteiger partial charge in [0, 0.05) is 18.7 Å². The quantitative estimate of drug-likeness (QED) is 0.576. The number of fused-ring (bicyclic) bond motifs is 2. The molecule has 0 fully saturated rings. The molecule has 1 aromatic carbocycles. The third kappa shape index (κ3) is 3.82. The van der Waals surface area contributed by atoms with Crippen molar-refractivity contribution in [2.75, 3.05) is 19.8 Å². The van der Waals surface area contributed by atoms with Crippen molar-refractivity contribution in [2.45, 2.75) is 33.9 Å². The molecule has 0 saturated carbocycles. The summed E-state index contributed by atoms with van der Waals surface area (Å²) in [7, 11) is 0. The summed E-state index contributed by atoms with van der Waals surface area (Å²) in [6.07, 6.45) is 0. The number of nitrogens with zero attached hydrogens (tertiary/aromatic N) is 4. The fraction of sp³-hybridized carbons (Fsp3) is 0.400. The number of benzene rings is 1. The van der Waals surface area contributed by atoms with E-state index in [0.29, 0.717) is 41.8 Å². The largest absolute Gasteiger partial charge is 0.486 e. The van der Waals surface area contributed by atoms with E-state index in [1.54, 1.807) is 22.2 Å². The molecule has 10 heteroatoms. The van der Waals surface area contributed by atoms with Crippen LogP contribution < -0.4 is 14.3 Å². The minimum atomic E-state index is -0.418. The Morgan fingerprint density at radius 3 is 2.63 bits per heavy atom. The summed E-state index contributed by atoms with van der Waals surface area (Å²) in [6, 6.07) is 5.36. The third-order valence-electron chi connectivity index (χ3n) is 4.56. The maximum absolute atomic E-state index is 12.9. The van der Waals surface area contributed by atoms with E-state index in [9.17, 15) is 9.59 Å². The maximum Gasteiger partial charge on any atom is 0.326 e. The van der Waals surface area contributed by atoms with Gasteiger partial charge < -0.3 is 18.8 Å². The molecule has 158 valence electrons. The number of ether oxygens (including phenoxy) is 3. The van der Waals surface area contributed by atoms with Gasteiger partial charge in [-0.25, -0.2) is 0 Å². The highest BCUT2D eigenvalue weighted by molar-refractivity contribution is 7.16. The van der Waals surface area contributed by atoms with Crippen LogP contribution in [0.4, 0.5) is 0 Å². The van der Waals surface area contributed by atoms with Crippen LogP contribution in [0.25, 0.3) is 10.2 Å². The Kier molecular flexibility index (Phi) is 5.58. The average molecular weight is 430 g/mol. The second-order valence-corrected chi connectivity index (χ2v) is 7.65. The molecule has 3 heterocycles. The summed E-state index contributed by atoms with van der Waals surface area (Å²) in [5, 5.41) is 4.31. The van der Waals surface area contributed by atoms with Crippen LogP contribution in [-0.4, -0.2) is 46.0 Å². The zero-order valence-electron chi connectivity index (χ0n) is 17.0. The topological polar surface area (TPSA) is 96.9 Å². The molecule has 2 aromatic heterocycles. The van der Waals surface area contributed by atoms with Gasteiger partial charge in [0.05, 0.1) is 22.5 Å². The van der Waals surface area contributed by atoms with Gasteiger partial charge in [-0.2, -0.15) is 10.1 Å². The standard InChI is InChI=1S/C20H22N4O5S/c1-4-24-14(8-12(3)22-24)19(26)21-20-23(11-18(25)27-5-2)13-9-15-16(10-17(13)30-20)29-7-6-28-15/h8-10H,4-7,11H2,1-3H3. The minimum absolute atomic E-state index is 0.0638. The van der Waals surface area contributed by atoms with Crippen LogP contribution in [0.1, 0.15) is 30.0 Å². The Bertz CT molecular complexity index is 1190. The Hall–Kier alpha value is -3.14. The number of esters is 1. The monoisotopic (exact) mass is 430 g/mol. The molecule has 0 unspecified atom stereocenters. The molecule has 0 aliphatic carbocycles. The Labute approximate surface area is 176 Å². The zero-order chi connectivity index (χ0) is 21.3.